The molecule has 20 heavy (non-hydrogen) atoms. The summed E-state index contributed by atoms with van der Waals surface area (Å²) in [4.78, 5) is 4.16. The van der Waals surface area contributed by atoms with E-state index in [9.17, 15) is 9.50 Å². The summed E-state index contributed by atoms with van der Waals surface area (Å²) in [5.41, 5.74) is 1.90. The SMILES string of the molecule is CC(C)NC(Cc1ccc(O)cc1)c1ccc(F)cn1. The molecule has 1 heterocycles. The molecule has 0 aliphatic carbocycles. The zero-order chi connectivity index (χ0) is 14.5. The van der Waals surface area contributed by atoms with Gasteiger partial charge in [-0.25, -0.2) is 4.39 Å². The van der Waals surface area contributed by atoms with E-state index in [0.29, 0.717) is 6.04 Å². The largest absolute Gasteiger partial charge is 0.508 e. The van der Waals surface area contributed by atoms with Crippen molar-refractivity contribution in [3.05, 3.63) is 59.7 Å². The summed E-state index contributed by atoms with van der Waals surface area (Å²) in [6.07, 6.45) is 1.97. The van der Waals surface area contributed by atoms with E-state index in [4.69, 9.17) is 0 Å². The maximum absolute atomic E-state index is 13.0. The molecule has 0 aliphatic heterocycles. The molecule has 1 unspecified atom stereocenters. The van der Waals surface area contributed by atoms with Crippen molar-refractivity contribution in [1.29, 1.82) is 0 Å². The van der Waals surface area contributed by atoms with Crippen LogP contribution in [0.25, 0.3) is 0 Å². The van der Waals surface area contributed by atoms with Crippen LogP contribution in [0.5, 0.6) is 5.75 Å². The van der Waals surface area contributed by atoms with Gasteiger partial charge in [0.15, 0.2) is 0 Å². The Hall–Kier alpha value is -1.94. The Kier molecular flexibility index (Phi) is 4.69. The Morgan fingerprint density at radius 1 is 1.15 bits per heavy atom. The molecule has 0 saturated carbocycles. The number of hydrogen-bond acceptors (Lipinski definition) is 3. The van der Waals surface area contributed by atoms with E-state index in [2.05, 4.69) is 24.1 Å². The number of benzene rings is 1. The molecule has 3 nitrogen and oxygen atoms in total. The van der Waals surface area contributed by atoms with E-state index >= 15 is 0 Å². The molecule has 0 spiro atoms. The number of rotatable bonds is 5. The number of pyridine rings is 1. The van der Waals surface area contributed by atoms with Crippen molar-refractivity contribution in [1.82, 2.24) is 10.3 Å². The summed E-state index contributed by atoms with van der Waals surface area (Å²) in [6.45, 7) is 4.13. The predicted octanol–water partition coefficient (Wildman–Crippen LogP) is 3.21. The standard InChI is InChI=1S/C16H19FN2O/c1-11(2)19-16(15-8-5-13(17)10-18-15)9-12-3-6-14(20)7-4-12/h3-8,10-11,16,19-20H,9H2,1-2H3. The molecule has 0 amide bonds. The number of hydrogen-bond donors (Lipinski definition) is 2. The molecule has 2 N–H and O–H groups in total. The zero-order valence-electron chi connectivity index (χ0n) is 11.7. The lowest BCUT2D eigenvalue weighted by atomic mass is 10.0. The molecule has 0 fully saturated rings. The molecule has 106 valence electrons. The minimum absolute atomic E-state index is 0.0140. The summed E-state index contributed by atoms with van der Waals surface area (Å²) in [5.74, 6) is -0.0799. The van der Waals surface area contributed by atoms with Crippen LogP contribution in [0.1, 0.15) is 31.1 Å². The lowest BCUT2D eigenvalue weighted by Gasteiger charge is -2.21. The third-order valence-electron chi connectivity index (χ3n) is 3.02. The molecular weight excluding hydrogens is 255 g/mol. The maximum atomic E-state index is 13.0. The summed E-state index contributed by atoms with van der Waals surface area (Å²) >= 11 is 0. The Bertz CT molecular complexity index is 537. The van der Waals surface area contributed by atoms with Crippen molar-refractivity contribution in [2.75, 3.05) is 0 Å². The predicted molar refractivity (Wildman–Crippen MR) is 77.0 cm³/mol. The van der Waals surface area contributed by atoms with Gasteiger partial charge in [0.2, 0.25) is 0 Å². The molecule has 1 atom stereocenters. The third-order valence-corrected chi connectivity index (χ3v) is 3.02. The summed E-state index contributed by atoms with van der Waals surface area (Å²) in [6, 6.07) is 10.5. The molecule has 4 heteroatoms. The number of aromatic nitrogens is 1. The highest BCUT2D eigenvalue weighted by atomic mass is 19.1. The second kappa shape index (κ2) is 6.48. The molecule has 1 aromatic heterocycles. The number of nitrogens with zero attached hydrogens (tertiary/aromatic N) is 1. The van der Waals surface area contributed by atoms with E-state index in [1.165, 1.54) is 12.3 Å². The monoisotopic (exact) mass is 274 g/mol. The maximum Gasteiger partial charge on any atom is 0.141 e. The molecule has 2 aromatic rings. The second-order valence-electron chi connectivity index (χ2n) is 5.15. The van der Waals surface area contributed by atoms with E-state index in [1.807, 2.05) is 12.1 Å². The average molecular weight is 274 g/mol. The highest BCUT2D eigenvalue weighted by Gasteiger charge is 2.15. The quantitative estimate of drug-likeness (QED) is 0.880. The van der Waals surface area contributed by atoms with Gasteiger partial charge >= 0.3 is 0 Å². The van der Waals surface area contributed by atoms with Crippen LogP contribution in [0.2, 0.25) is 0 Å². The molecule has 0 aliphatic rings. The number of aromatic hydroxyl groups is 1. The van der Waals surface area contributed by atoms with Crippen LogP contribution in [0.3, 0.4) is 0 Å². The zero-order valence-corrected chi connectivity index (χ0v) is 11.7. The fourth-order valence-corrected chi connectivity index (χ4v) is 2.11. The minimum Gasteiger partial charge on any atom is -0.508 e. The fourth-order valence-electron chi connectivity index (χ4n) is 2.11. The van der Waals surface area contributed by atoms with Gasteiger partial charge in [0.05, 0.1) is 17.9 Å². The normalized spacial score (nSPS) is 12.6. The lowest BCUT2D eigenvalue weighted by molar-refractivity contribution is 0.462. The van der Waals surface area contributed by atoms with Crippen molar-refractivity contribution < 1.29 is 9.50 Å². The molecule has 2 rings (SSSR count). The van der Waals surface area contributed by atoms with Gasteiger partial charge in [0.25, 0.3) is 0 Å². The van der Waals surface area contributed by atoms with Gasteiger partial charge in [0, 0.05) is 6.04 Å². The van der Waals surface area contributed by atoms with Crippen LogP contribution in [-0.2, 0) is 6.42 Å². The van der Waals surface area contributed by atoms with Crippen LogP contribution < -0.4 is 5.32 Å². The van der Waals surface area contributed by atoms with Gasteiger partial charge in [0.1, 0.15) is 11.6 Å². The van der Waals surface area contributed by atoms with E-state index in [-0.39, 0.29) is 17.6 Å². The van der Waals surface area contributed by atoms with Crippen molar-refractivity contribution in [3.63, 3.8) is 0 Å². The summed E-state index contributed by atoms with van der Waals surface area (Å²) in [5, 5.41) is 12.7. The van der Waals surface area contributed by atoms with Crippen LogP contribution >= 0.6 is 0 Å². The average Bonchev–Trinajstić information content (AvgIpc) is 2.41. The van der Waals surface area contributed by atoms with E-state index in [1.54, 1.807) is 18.2 Å². The first-order valence-electron chi connectivity index (χ1n) is 6.70. The topological polar surface area (TPSA) is 45.1 Å². The number of phenolic OH excluding ortho intramolecular Hbond substituents is 1. The molecule has 0 bridgehead atoms. The van der Waals surface area contributed by atoms with Gasteiger partial charge in [-0.05, 0) is 36.2 Å². The van der Waals surface area contributed by atoms with E-state index in [0.717, 1.165) is 17.7 Å². The number of nitrogens with one attached hydrogen (secondary N) is 1. The van der Waals surface area contributed by atoms with Gasteiger partial charge in [-0.1, -0.05) is 26.0 Å². The van der Waals surface area contributed by atoms with Gasteiger partial charge in [-0.3, -0.25) is 4.98 Å². The molecule has 1 aromatic carbocycles. The number of phenols is 1. The second-order valence-corrected chi connectivity index (χ2v) is 5.15. The summed E-state index contributed by atoms with van der Waals surface area (Å²) in [7, 11) is 0. The number of halogens is 1. The van der Waals surface area contributed by atoms with Crippen molar-refractivity contribution >= 4 is 0 Å². The third kappa shape index (κ3) is 4.03. The van der Waals surface area contributed by atoms with Crippen molar-refractivity contribution in [3.8, 4) is 5.75 Å². The smallest absolute Gasteiger partial charge is 0.141 e. The minimum atomic E-state index is -0.332. The highest BCUT2D eigenvalue weighted by molar-refractivity contribution is 5.27. The van der Waals surface area contributed by atoms with Crippen LogP contribution in [0.4, 0.5) is 4.39 Å². The van der Waals surface area contributed by atoms with Gasteiger partial charge < -0.3 is 10.4 Å². The van der Waals surface area contributed by atoms with E-state index < -0.39 is 0 Å². The fraction of sp³-hybridized carbons (Fsp3) is 0.312. The van der Waals surface area contributed by atoms with Crippen molar-refractivity contribution in [2.45, 2.75) is 32.4 Å². The molecule has 0 radical (unpaired) electrons. The first-order chi connectivity index (χ1) is 9.54. The Morgan fingerprint density at radius 3 is 2.40 bits per heavy atom. The molecular formula is C16H19FN2O. The lowest BCUT2D eigenvalue weighted by Crippen LogP contribution is -2.30. The van der Waals surface area contributed by atoms with Crippen LogP contribution in [0, 0.1) is 5.82 Å². The molecule has 0 saturated heterocycles. The first-order valence-corrected chi connectivity index (χ1v) is 6.70. The van der Waals surface area contributed by atoms with Gasteiger partial charge in [-0.2, -0.15) is 0 Å². The Labute approximate surface area is 118 Å². The van der Waals surface area contributed by atoms with Crippen LogP contribution in [0.15, 0.2) is 42.6 Å². The Balaban J connectivity index is 2.18. The van der Waals surface area contributed by atoms with Crippen molar-refractivity contribution in [2.24, 2.45) is 0 Å². The first kappa shape index (κ1) is 14.5. The highest BCUT2D eigenvalue weighted by Crippen LogP contribution is 2.19. The Morgan fingerprint density at radius 2 is 1.85 bits per heavy atom. The summed E-state index contributed by atoms with van der Waals surface area (Å²) < 4.78 is 13.0. The van der Waals surface area contributed by atoms with Crippen LogP contribution in [-0.4, -0.2) is 16.1 Å². The van der Waals surface area contributed by atoms with Gasteiger partial charge in [-0.15, -0.1) is 0 Å².